The van der Waals surface area contributed by atoms with Crippen LogP contribution in [-0.2, 0) is 6.61 Å². The molecule has 0 radical (unpaired) electrons. The van der Waals surface area contributed by atoms with Gasteiger partial charge in [0.15, 0.2) is 5.82 Å². The van der Waals surface area contributed by atoms with Gasteiger partial charge in [0.2, 0.25) is 0 Å². The summed E-state index contributed by atoms with van der Waals surface area (Å²) in [6.45, 7) is 2.07. The maximum Gasteiger partial charge on any atom is 0.168 e. The van der Waals surface area contributed by atoms with E-state index in [1.54, 1.807) is 13.1 Å². The second-order valence-corrected chi connectivity index (χ2v) is 4.87. The molecule has 1 aromatic heterocycles. The van der Waals surface area contributed by atoms with E-state index in [0.717, 1.165) is 11.5 Å². The molecule has 0 unspecified atom stereocenters. The molecule has 0 spiro atoms. The van der Waals surface area contributed by atoms with E-state index >= 15 is 0 Å². The Labute approximate surface area is 119 Å². The Morgan fingerprint density at radius 2 is 2.05 bits per heavy atom. The molecular formula is C13H13BrFN3O. The van der Waals surface area contributed by atoms with Gasteiger partial charge in [-0.1, -0.05) is 15.9 Å². The van der Waals surface area contributed by atoms with Crippen LogP contribution in [0.4, 0.5) is 10.2 Å². The first-order valence-corrected chi connectivity index (χ1v) is 6.47. The molecule has 19 heavy (non-hydrogen) atoms. The van der Waals surface area contributed by atoms with Crippen LogP contribution in [0, 0.1) is 12.7 Å². The highest BCUT2D eigenvalue weighted by Gasteiger charge is 2.04. The lowest BCUT2D eigenvalue weighted by Crippen LogP contribution is -2.05. The number of nitrogens with one attached hydrogen (secondary N) is 1. The highest BCUT2D eigenvalue weighted by atomic mass is 79.9. The summed E-state index contributed by atoms with van der Waals surface area (Å²) in [7, 11) is 1.79. The molecule has 0 aliphatic heterocycles. The zero-order valence-electron chi connectivity index (χ0n) is 10.6. The third-order valence-electron chi connectivity index (χ3n) is 2.36. The fourth-order valence-corrected chi connectivity index (χ4v) is 2.03. The molecule has 1 aromatic carbocycles. The van der Waals surface area contributed by atoms with Crippen molar-refractivity contribution in [1.82, 2.24) is 9.97 Å². The van der Waals surface area contributed by atoms with E-state index in [-0.39, 0.29) is 12.4 Å². The van der Waals surface area contributed by atoms with Crippen molar-refractivity contribution in [2.24, 2.45) is 0 Å². The van der Waals surface area contributed by atoms with Gasteiger partial charge in [0.1, 0.15) is 24.0 Å². The molecule has 1 N–H and O–H groups in total. The summed E-state index contributed by atoms with van der Waals surface area (Å²) in [5, 5.41) is 2.95. The summed E-state index contributed by atoms with van der Waals surface area (Å²) in [6.07, 6.45) is 0. The van der Waals surface area contributed by atoms with Gasteiger partial charge in [-0.15, -0.1) is 0 Å². The van der Waals surface area contributed by atoms with Crippen molar-refractivity contribution in [2.75, 3.05) is 12.4 Å². The number of hydrogen-bond donors (Lipinski definition) is 1. The highest BCUT2D eigenvalue weighted by Crippen LogP contribution is 2.21. The van der Waals surface area contributed by atoms with E-state index in [2.05, 4.69) is 31.2 Å². The van der Waals surface area contributed by atoms with E-state index in [4.69, 9.17) is 4.74 Å². The molecule has 0 atom stereocenters. The van der Waals surface area contributed by atoms with Gasteiger partial charge in [-0.05, 0) is 19.1 Å². The maximum atomic E-state index is 13.2. The molecule has 0 saturated carbocycles. The van der Waals surface area contributed by atoms with Crippen molar-refractivity contribution in [2.45, 2.75) is 13.5 Å². The predicted octanol–water partition coefficient (Wildman–Crippen LogP) is 3.31. The number of aromatic nitrogens is 2. The number of ether oxygens (including phenoxy) is 1. The average Bonchev–Trinajstić information content (AvgIpc) is 2.34. The van der Waals surface area contributed by atoms with Crippen molar-refractivity contribution in [1.29, 1.82) is 0 Å². The number of benzene rings is 1. The molecule has 100 valence electrons. The van der Waals surface area contributed by atoms with Crippen LogP contribution >= 0.6 is 15.9 Å². The lowest BCUT2D eigenvalue weighted by Gasteiger charge is -2.08. The van der Waals surface area contributed by atoms with Crippen molar-refractivity contribution >= 4 is 21.7 Å². The van der Waals surface area contributed by atoms with E-state index in [9.17, 15) is 4.39 Å². The Balaban J connectivity index is 2.11. The number of aryl methyl sites for hydroxylation is 1. The Kier molecular flexibility index (Phi) is 4.31. The lowest BCUT2D eigenvalue weighted by atomic mass is 10.3. The topological polar surface area (TPSA) is 47.0 Å². The minimum atomic E-state index is -0.356. The van der Waals surface area contributed by atoms with Crippen LogP contribution in [0.25, 0.3) is 0 Å². The Bertz CT molecular complexity index is 572. The summed E-state index contributed by atoms with van der Waals surface area (Å²) in [6, 6.07) is 6.22. The van der Waals surface area contributed by atoms with Crippen LogP contribution in [0.15, 0.2) is 28.7 Å². The van der Waals surface area contributed by atoms with Crippen molar-refractivity contribution in [3.8, 4) is 5.75 Å². The fraction of sp³-hybridized carbons (Fsp3) is 0.231. The first-order chi connectivity index (χ1) is 9.06. The molecule has 0 bridgehead atoms. The average molecular weight is 326 g/mol. The monoisotopic (exact) mass is 325 g/mol. The van der Waals surface area contributed by atoms with E-state index in [1.165, 1.54) is 12.1 Å². The third-order valence-corrected chi connectivity index (χ3v) is 2.82. The summed E-state index contributed by atoms with van der Waals surface area (Å²) in [5.74, 6) is 1.35. The van der Waals surface area contributed by atoms with E-state index < -0.39 is 0 Å². The Hall–Kier alpha value is -1.69. The van der Waals surface area contributed by atoms with Crippen LogP contribution in [0.5, 0.6) is 5.75 Å². The minimum absolute atomic E-state index is 0.187. The molecule has 4 nitrogen and oxygen atoms in total. The van der Waals surface area contributed by atoms with Gasteiger partial charge in [0.05, 0.1) is 0 Å². The van der Waals surface area contributed by atoms with Gasteiger partial charge < -0.3 is 10.1 Å². The molecule has 0 amide bonds. The molecule has 0 aliphatic carbocycles. The standard InChI is InChI=1S/C13H13BrFN3O/c1-8-3-12(16-2)18-13(17-8)7-19-11-5-9(14)4-10(15)6-11/h3-6H,7H2,1-2H3,(H,16,17,18). The zero-order valence-corrected chi connectivity index (χ0v) is 12.2. The maximum absolute atomic E-state index is 13.2. The smallest absolute Gasteiger partial charge is 0.168 e. The normalized spacial score (nSPS) is 10.3. The van der Waals surface area contributed by atoms with Crippen LogP contribution in [0.2, 0.25) is 0 Å². The van der Waals surface area contributed by atoms with E-state index in [1.807, 2.05) is 13.0 Å². The summed E-state index contributed by atoms with van der Waals surface area (Å²) >= 11 is 3.21. The van der Waals surface area contributed by atoms with Crippen LogP contribution in [0.3, 0.4) is 0 Å². The van der Waals surface area contributed by atoms with Crippen LogP contribution in [0.1, 0.15) is 11.5 Å². The highest BCUT2D eigenvalue weighted by molar-refractivity contribution is 9.10. The number of halogens is 2. The van der Waals surface area contributed by atoms with Gasteiger partial charge in [0, 0.05) is 29.3 Å². The number of hydrogen-bond acceptors (Lipinski definition) is 4. The quantitative estimate of drug-likeness (QED) is 0.936. The van der Waals surface area contributed by atoms with Crippen LogP contribution in [-0.4, -0.2) is 17.0 Å². The molecule has 0 saturated heterocycles. The van der Waals surface area contributed by atoms with Crippen molar-refractivity contribution in [3.05, 3.63) is 46.1 Å². The Morgan fingerprint density at radius 1 is 1.26 bits per heavy atom. The molecular weight excluding hydrogens is 313 g/mol. The fourth-order valence-electron chi connectivity index (χ4n) is 1.58. The summed E-state index contributed by atoms with van der Waals surface area (Å²) < 4.78 is 19.3. The first kappa shape index (κ1) is 13.7. The number of nitrogens with zero attached hydrogens (tertiary/aromatic N) is 2. The lowest BCUT2D eigenvalue weighted by molar-refractivity contribution is 0.294. The first-order valence-electron chi connectivity index (χ1n) is 5.68. The predicted molar refractivity (Wildman–Crippen MR) is 74.7 cm³/mol. The molecule has 0 aliphatic rings. The number of rotatable bonds is 4. The van der Waals surface area contributed by atoms with Gasteiger partial charge in [-0.3, -0.25) is 0 Å². The second kappa shape index (κ2) is 5.97. The minimum Gasteiger partial charge on any atom is -0.485 e. The molecule has 6 heteroatoms. The molecule has 1 heterocycles. The molecule has 2 aromatic rings. The second-order valence-electron chi connectivity index (χ2n) is 3.95. The molecule has 2 rings (SSSR count). The largest absolute Gasteiger partial charge is 0.485 e. The summed E-state index contributed by atoms with van der Waals surface area (Å²) in [4.78, 5) is 8.52. The van der Waals surface area contributed by atoms with Gasteiger partial charge in [0.25, 0.3) is 0 Å². The summed E-state index contributed by atoms with van der Waals surface area (Å²) in [5.41, 5.74) is 0.846. The van der Waals surface area contributed by atoms with Gasteiger partial charge >= 0.3 is 0 Å². The van der Waals surface area contributed by atoms with Gasteiger partial charge in [-0.2, -0.15) is 0 Å². The third kappa shape index (κ3) is 3.89. The molecule has 0 fully saturated rings. The Morgan fingerprint density at radius 3 is 2.74 bits per heavy atom. The zero-order chi connectivity index (χ0) is 13.8. The van der Waals surface area contributed by atoms with Crippen molar-refractivity contribution < 1.29 is 9.13 Å². The van der Waals surface area contributed by atoms with E-state index in [0.29, 0.717) is 16.0 Å². The number of anilines is 1. The van der Waals surface area contributed by atoms with Crippen LogP contribution < -0.4 is 10.1 Å². The van der Waals surface area contributed by atoms with Crippen molar-refractivity contribution in [3.63, 3.8) is 0 Å². The SMILES string of the molecule is CNc1cc(C)nc(COc2cc(F)cc(Br)c2)n1. The van der Waals surface area contributed by atoms with Gasteiger partial charge in [-0.25, -0.2) is 14.4 Å².